The van der Waals surface area contributed by atoms with E-state index >= 15 is 0 Å². The molecule has 0 aliphatic heterocycles. The molecule has 3 rings (SSSR count). The molecule has 0 unspecified atom stereocenters. The van der Waals surface area contributed by atoms with E-state index in [-0.39, 0.29) is 5.78 Å². The standard InChI is InChI=1S/C19H16F3NO/c1-12(23-15-9-7-14(8-10-15)19(20,21)22)16-11-6-13-4-2-3-5-17(13)18(16)24/h2-5,7-10,23H,6,11H2,1H3. The number of alkyl halides is 3. The van der Waals surface area contributed by atoms with Crippen LogP contribution in [0.5, 0.6) is 0 Å². The fourth-order valence-corrected chi connectivity index (χ4v) is 2.89. The molecule has 1 aliphatic rings. The van der Waals surface area contributed by atoms with Crippen molar-refractivity contribution in [2.75, 3.05) is 5.32 Å². The van der Waals surface area contributed by atoms with E-state index in [1.54, 1.807) is 6.92 Å². The summed E-state index contributed by atoms with van der Waals surface area (Å²) in [5.74, 6) is -0.0197. The highest BCUT2D eigenvalue weighted by atomic mass is 19.4. The summed E-state index contributed by atoms with van der Waals surface area (Å²) in [5.41, 5.74) is 2.92. The van der Waals surface area contributed by atoms with Crippen LogP contribution >= 0.6 is 0 Å². The van der Waals surface area contributed by atoms with Gasteiger partial charge in [0.15, 0.2) is 5.78 Å². The lowest BCUT2D eigenvalue weighted by Gasteiger charge is -2.20. The van der Waals surface area contributed by atoms with Crippen molar-refractivity contribution in [3.63, 3.8) is 0 Å². The second-order valence-electron chi connectivity index (χ2n) is 5.79. The Bertz CT molecular complexity index is 804. The van der Waals surface area contributed by atoms with E-state index in [9.17, 15) is 18.0 Å². The Morgan fingerprint density at radius 3 is 2.33 bits per heavy atom. The first-order chi connectivity index (χ1) is 11.4. The minimum Gasteiger partial charge on any atom is -0.359 e. The summed E-state index contributed by atoms with van der Waals surface area (Å²) in [5, 5.41) is 3.04. The van der Waals surface area contributed by atoms with E-state index in [4.69, 9.17) is 0 Å². The first kappa shape index (κ1) is 16.3. The van der Waals surface area contributed by atoms with Crippen molar-refractivity contribution in [1.82, 2.24) is 0 Å². The maximum Gasteiger partial charge on any atom is 0.416 e. The molecule has 0 atom stereocenters. The quantitative estimate of drug-likeness (QED) is 0.764. The number of carbonyl (C=O) groups is 1. The van der Waals surface area contributed by atoms with Crippen LogP contribution in [0.1, 0.15) is 34.8 Å². The highest BCUT2D eigenvalue weighted by Crippen LogP contribution is 2.31. The molecule has 2 aromatic carbocycles. The largest absolute Gasteiger partial charge is 0.416 e. The normalized spacial score (nSPS) is 16.6. The molecule has 24 heavy (non-hydrogen) atoms. The Morgan fingerprint density at radius 1 is 1.00 bits per heavy atom. The van der Waals surface area contributed by atoms with Crippen molar-refractivity contribution in [3.8, 4) is 0 Å². The SMILES string of the molecule is CC(Nc1ccc(C(F)(F)F)cc1)=C1CCc2ccccc2C1=O. The van der Waals surface area contributed by atoms with Crippen LogP contribution in [0.25, 0.3) is 0 Å². The number of aryl methyl sites for hydroxylation is 1. The third kappa shape index (κ3) is 3.20. The molecule has 1 aliphatic carbocycles. The van der Waals surface area contributed by atoms with Gasteiger partial charge in [-0.2, -0.15) is 13.2 Å². The van der Waals surface area contributed by atoms with Gasteiger partial charge in [-0.15, -0.1) is 0 Å². The van der Waals surface area contributed by atoms with Gasteiger partial charge in [0.25, 0.3) is 0 Å². The van der Waals surface area contributed by atoms with E-state index in [2.05, 4.69) is 5.32 Å². The van der Waals surface area contributed by atoms with Crippen molar-refractivity contribution < 1.29 is 18.0 Å². The molecule has 0 heterocycles. The highest BCUT2D eigenvalue weighted by molar-refractivity contribution is 6.11. The van der Waals surface area contributed by atoms with Crippen LogP contribution in [0.15, 0.2) is 59.8 Å². The fraction of sp³-hybridized carbons (Fsp3) is 0.211. The first-order valence-electron chi connectivity index (χ1n) is 7.63. The molecule has 0 bridgehead atoms. The summed E-state index contributed by atoms with van der Waals surface area (Å²) < 4.78 is 37.8. The Kier molecular flexibility index (Phi) is 4.18. The number of hydrogen-bond donors (Lipinski definition) is 1. The van der Waals surface area contributed by atoms with E-state index < -0.39 is 11.7 Å². The number of halogens is 3. The van der Waals surface area contributed by atoms with Crippen molar-refractivity contribution in [1.29, 1.82) is 0 Å². The molecule has 0 fully saturated rings. The minimum absolute atomic E-state index is 0.0197. The number of hydrogen-bond acceptors (Lipinski definition) is 2. The zero-order valence-electron chi connectivity index (χ0n) is 13.1. The average molecular weight is 331 g/mol. The molecule has 0 radical (unpaired) electrons. The molecule has 0 saturated carbocycles. The molecule has 5 heteroatoms. The predicted molar refractivity (Wildman–Crippen MR) is 86.9 cm³/mol. The van der Waals surface area contributed by atoms with Crippen LogP contribution in [0, 0.1) is 0 Å². The number of nitrogens with one attached hydrogen (secondary N) is 1. The number of benzene rings is 2. The summed E-state index contributed by atoms with van der Waals surface area (Å²) >= 11 is 0. The van der Waals surface area contributed by atoms with Crippen molar-refractivity contribution in [2.45, 2.75) is 25.9 Å². The summed E-state index contributed by atoms with van der Waals surface area (Å²) in [6.07, 6.45) is -2.95. The maximum absolute atomic E-state index is 12.6. The number of anilines is 1. The minimum atomic E-state index is -4.35. The van der Waals surface area contributed by atoms with E-state index in [1.807, 2.05) is 24.3 Å². The number of ketones is 1. The number of allylic oxidation sites excluding steroid dienone is 2. The third-order valence-corrected chi connectivity index (χ3v) is 4.18. The third-order valence-electron chi connectivity index (χ3n) is 4.18. The number of rotatable bonds is 2. The van der Waals surface area contributed by atoms with Gasteiger partial charge in [-0.25, -0.2) is 0 Å². The number of Topliss-reactive ketones (excluding diaryl/α,β-unsaturated/α-hetero) is 1. The van der Waals surface area contributed by atoms with Gasteiger partial charge in [0.05, 0.1) is 5.56 Å². The van der Waals surface area contributed by atoms with Gasteiger partial charge >= 0.3 is 6.18 Å². The van der Waals surface area contributed by atoms with Crippen LogP contribution in [-0.4, -0.2) is 5.78 Å². The van der Waals surface area contributed by atoms with Gasteiger partial charge < -0.3 is 5.32 Å². The Morgan fingerprint density at radius 2 is 1.67 bits per heavy atom. The van der Waals surface area contributed by atoms with Crippen molar-refractivity contribution in [3.05, 3.63) is 76.5 Å². The van der Waals surface area contributed by atoms with Crippen molar-refractivity contribution >= 4 is 11.5 Å². The molecule has 0 aromatic heterocycles. The smallest absolute Gasteiger partial charge is 0.359 e. The summed E-state index contributed by atoms with van der Waals surface area (Å²) in [6.45, 7) is 1.78. The van der Waals surface area contributed by atoms with Crippen LogP contribution in [-0.2, 0) is 12.6 Å². The number of fused-ring (bicyclic) bond motifs is 1. The van der Waals surface area contributed by atoms with Gasteiger partial charge in [-0.05, 0) is 49.6 Å². The second kappa shape index (κ2) is 6.15. The van der Waals surface area contributed by atoms with Gasteiger partial charge in [-0.1, -0.05) is 24.3 Å². The van der Waals surface area contributed by atoms with Gasteiger partial charge in [0.2, 0.25) is 0 Å². The lowest BCUT2D eigenvalue weighted by Crippen LogP contribution is -2.17. The summed E-state index contributed by atoms with van der Waals surface area (Å²) in [4.78, 5) is 12.6. The van der Waals surface area contributed by atoms with Crippen LogP contribution < -0.4 is 5.32 Å². The summed E-state index contributed by atoms with van der Waals surface area (Å²) in [7, 11) is 0. The molecular formula is C19H16F3NO. The Labute approximate surface area is 138 Å². The maximum atomic E-state index is 12.6. The monoisotopic (exact) mass is 331 g/mol. The molecular weight excluding hydrogens is 315 g/mol. The van der Waals surface area contributed by atoms with Crippen LogP contribution in [0.4, 0.5) is 18.9 Å². The Balaban J connectivity index is 1.83. The Hall–Kier alpha value is -2.56. The van der Waals surface area contributed by atoms with E-state index in [0.717, 1.165) is 24.1 Å². The topological polar surface area (TPSA) is 29.1 Å². The van der Waals surface area contributed by atoms with Crippen molar-refractivity contribution in [2.24, 2.45) is 0 Å². The highest BCUT2D eigenvalue weighted by Gasteiger charge is 2.30. The second-order valence-corrected chi connectivity index (χ2v) is 5.79. The molecule has 0 amide bonds. The fourth-order valence-electron chi connectivity index (χ4n) is 2.89. The lowest BCUT2D eigenvalue weighted by molar-refractivity contribution is -0.137. The molecule has 1 N–H and O–H groups in total. The zero-order valence-corrected chi connectivity index (χ0v) is 13.1. The van der Waals surface area contributed by atoms with Gasteiger partial charge in [0, 0.05) is 22.5 Å². The van der Waals surface area contributed by atoms with Gasteiger partial charge in [0.1, 0.15) is 0 Å². The lowest BCUT2D eigenvalue weighted by atomic mass is 9.86. The number of carbonyl (C=O) groups excluding carboxylic acids is 1. The van der Waals surface area contributed by atoms with E-state index in [0.29, 0.717) is 28.9 Å². The van der Waals surface area contributed by atoms with Gasteiger partial charge in [-0.3, -0.25) is 4.79 Å². The summed E-state index contributed by atoms with van der Waals surface area (Å²) in [6, 6.07) is 12.3. The average Bonchev–Trinajstić information content (AvgIpc) is 2.55. The molecule has 2 nitrogen and oxygen atoms in total. The molecule has 0 spiro atoms. The van der Waals surface area contributed by atoms with Crippen LogP contribution in [0.3, 0.4) is 0 Å². The predicted octanol–water partition coefficient (Wildman–Crippen LogP) is 5.22. The zero-order chi connectivity index (χ0) is 17.3. The van der Waals surface area contributed by atoms with E-state index in [1.165, 1.54) is 12.1 Å². The molecule has 124 valence electrons. The molecule has 0 saturated heterocycles. The molecule has 2 aromatic rings. The van der Waals surface area contributed by atoms with Crippen LogP contribution in [0.2, 0.25) is 0 Å². The first-order valence-corrected chi connectivity index (χ1v) is 7.63.